The molecule has 0 bridgehead atoms. The van der Waals surface area contributed by atoms with Gasteiger partial charge in [0.05, 0.1) is 36.6 Å². The summed E-state index contributed by atoms with van der Waals surface area (Å²) in [6, 6.07) is 7.05. The summed E-state index contributed by atoms with van der Waals surface area (Å²) in [6.07, 6.45) is -2.52. The van der Waals surface area contributed by atoms with Crippen molar-refractivity contribution < 1.29 is 41.0 Å². The highest BCUT2D eigenvalue weighted by Gasteiger charge is 2.35. The minimum atomic E-state index is -4.51. The molecule has 238 valence electrons. The molecule has 0 saturated heterocycles. The lowest BCUT2D eigenvalue weighted by atomic mass is 9.99. The van der Waals surface area contributed by atoms with Crippen LogP contribution in [0.4, 0.5) is 29.3 Å². The van der Waals surface area contributed by atoms with E-state index in [1.54, 1.807) is 14.0 Å². The zero-order valence-electron chi connectivity index (χ0n) is 24.4. The summed E-state index contributed by atoms with van der Waals surface area (Å²) in [7, 11) is -0.950. The molecule has 44 heavy (non-hydrogen) atoms. The summed E-state index contributed by atoms with van der Waals surface area (Å²) in [4.78, 5) is 33.2. The third-order valence-electron chi connectivity index (χ3n) is 7.14. The number of nitrogens with zero attached hydrogens (tertiary/aromatic N) is 4. The highest BCUT2D eigenvalue weighted by atomic mass is 32.2. The second-order valence-corrected chi connectivity index (χ2v) is 12.3. The van der Waals surface area contributed by atoms with Gasteiger partial charge < -0.3 is 29.5 Å². The lowest BCUT2D eigenvalue weighted by Gasteiger charge is -2.38. The lowest BCUT2D eigenvalue weighted by molar-refractivity contribution is -0.137. The number of sulfonamides is 1. The summed E-state index contributed by atoms with van der Waals surface area (Å²) >= 11 is 0. The predicted octanol–water partition coefficient (Wildman–Crippen LogP) is 3.62. The van der Waals surface area contributed by atoms with Crippen LogP contribution in [0.15, 0.2) is 60.0 Å². The van der Waals surface area contributed by atoms with Crippen LogP contribution in [-0.4, -0.2) is 83.7 Å². The van der Waals surface area contributed by atoms with E-state index in [1.807, 2.05) is 6.92 Å². The fraction of sp³-hybridized carbons (Fsp3) is 0.393. The topological polar surface area (TPSA) is 146 Å². The molecular weight excluding hydrogens is 605 g/mol. The standard InChI is InChI=1S/C28H33F3N6O6S/c1-17-12-37(18(2)15-38)26(39)22-11-21(34-44(41,42)25-14-35(3)16-32-25)9-10-23(22)43-24(17)13-36(4)27(40)33-20-7-5-19(6-8-20)28(29,30)31/h5-11,14,16-18,24,34,38H,12-13,15H2,1-4H3,(H,33,40)/t17-,18-,24-/m0/s1. The molecule has 4 rings (SSSR count). The van der Waals surface area contributed by atoms with Crippen LogP contribution in [0.5, 0.6) is 5.75 Å². The van der Waals surface area contributed by atoms with E-state index >= 15 is 0 Å². The van der Waals surface area contributed by atoms with E-state index in [4.69, 9.17) is 4.74 Å². The molecule has 12 nitrogen and oxygen atoms in total. The Morgan fingerprint density at radius 1 is 1.20 bits per heavy atom. The summed E-state index contributed by atoms with van der Waals surface area (Å²) in [5.74, 6) is -0.692. The number of hydrogen-bond donors (Lipinski definition) is 3. The van der Waals surface area contributed by atoms with Gasteiger partial charge in [-0.3, -0.25) is 9.52 Å². The van der Waals surface area contributed by atoms with Crippen LogP contribution in [-0.2, 0) is 23.2 Å². The highest BCUT2D eigenvalue weighted by Crippen LogP contribution is 2.32. The number of nitrogens with one attached hydrogen (secondary N) is 2. The van der Waals surface area contributed by atoms with Gasteiger partial charge in [-0.1, -0.05) is 6.92 Å². The number of aliphatic hydroxyl groups excluding tert-OH is 1. The highest BCUT2D eigenvalue weighted by molar-refractivity contribution is 7.92. The molecule has 0 saturated carbocycles. The van der Waals surface area contributed by atoms with E-state index in [0.29, 0.717) is 0 Å². The number of carbonyl (C=O) groups excluding carboxylic acids is 2. The maximum absolute atomic E-state index is 13.6. The summed E-state index contributed by atoms with van der Waals surface area (Å²) in [5, 5.41) is 12.2. The number of anilines is 2. The summed E-state index contributed by atoms with van der Waals surface area (Å²) in [6.45, 7) is 3.32. The van der Waals surface area contributed by atoms with Crippen molar-refractivity contribution >= 4 is 33.3 Å². The van der Waals surface area contributed by atoms with Crippen molar-refractivity contribution in [1.82, 2.24) is 19.4 Å². The molecule has 3 amide bonds. The van der Waals surface area contributed by atoms with Crippen LogP contribution in [0.1, 0.15) is 29.8 Å². The first kappa shape index (κ1) is 32.6. The number of fused-ring (bicyclic) bond motifs is 1. The second kappa shape index (κ2) is 12.7. The molecule has 0 fully saturated rings. The number of alkyl halides is 3. The average Bonchev–Trinajstić information content (AvgIpc) is 3.41. The van der Waals surface area contributed by atoms with Crippen molar-refractivity contribution in [3.8, 4) is 5.75 Å². The predicted molar refractivity (Wildman–Crippen MR) is 155 cm³/mol. The van der Waals surface area contributed by atoms with Gasteiger partial charge in [-0.15, -0.1) is 0 Å². The number of aliphatic hydroxyl groups is 1. The number of amides is 3. The van der Waals surface area contributed by atoms with Gasteiger partial charge in [0.1, 0.15) is 11.9 Å². The third kappa shape index (κ3) is 7.42. The quantitative estimate of drug-likeness (QED) is 0.342. The number of imidazole rings is 1. The minimum absolute atomic E-state index is 0.0245. The zero-order valence-corrected chi connectivity index (χ0v) is 25.2. The van der Waals surface area contributed by atoms with Crippen LogP contribution in [0.2, 0.25) is 0 Å². The van der Waals surface area contributed by atoms with Gasteiger partial charge in [-0.2, -0.15) is 21.6 Å². The van der Waals surface area contributed by atoms with Crippen molar-refractivity contribution in [1.29, 1.82) is 0 Å². The van der Waals surface area contributed by atoms with Crippen LogP contribution in [0, 0.1) is 5.92 Å². The minimum Gasteiger partial charge on any atom is -0.487 e. The Balaban J connectivity index is 1.57. The molecular formula is C28H33F3N6O6S. The van der Waals surface area contributed by atoms with Gasteiger partial charge in [-0.05, 0) is 49.4 Å². The fourth-order valence-corrected chi connectivity index (χ4v) is 5.59. The Morgan fingerprint density at radius 2 is 1.86 bits per heavy atom. The Bertz CT molecular complexity index is 1610. The van der Waals surface area contributed by atoms with Crippen molar-refractivity contribution in [2.45, 2.75) is 37.2 Å². The monoisotopic (exact) mass is 638 g/mol. The SMILES string of the molecule is C[C@H]1CN([C@@H](C)CO)C(=O)c2cc(NS(=O)(=O)c3cn(C)cn3)ccc2O[C@H]1CN(C)C(=O)Nc1ccc(C(F)(F)F)cc1. The molecule has 0 unspecified atom stereocenters. The first-order valence-corrected chi connectivity index (χ1v) is 15.0. The molecule has 2 heterocycles. The van der Waals surface area contributed by atoms with Crippen molar-refractivity contribution in [3.63, 3.8) is 0 Å². The first-order valence-electron chi connectivity index (χ1n) is 13.5. The lowest BCUT2D eigenvalue weighted by Crippen LogP contribution is -2.50. The molecule has 0 aliphatic carbocycles. The summed E-state index contributed by atoms with van der Waals surface area (Å²) < 4.78 is 74.4. The molecule has 16 heteroatoms. The number of ether oxygens (including phenoxy) is 1. The van der Waals surface area contributed by atoms with E-state index < -0.39 is 45.8 Å². The van der Waals surface area contributed by atoms with E-state index in [0.717, 1.165) is 24.3 Å². The normalized spacial score (nSPS) is 18.0. The second-order valence-electron chi connectivity index (χ2n) is 10.7. The van der Waals surface area contributed by atoms with Gasteiger partial charge in [0.15, 0.2) is 5.03 Å². The Morgan fingerprint density at radius 3 is 2.45 bits per heavy atom. The van der Waals surface area contributed by atoms with Crippen molar-refractivity contribution in [2.75, 3.05) is 36.8 Å². The number of rotatable bonds is 8. The van der Waals surface area contributed by atoms with Crippen molar-refractivity contribution in [3.05, 3.63) is 66.1 Å². The number of hydrogen-bond acceptors (Lipinski definition) is 7. The molecule has 0 radical (unpaired) electrons. The smallest absolute Gasteiger partial charge is 0.416 e. The molecule has 1 aromatic heterocycles. The summed E-state index contributed by atoms with van der Waals surface area (Å²) in [5.41, 5.74) is -0.550. The van der Waals surface area contributed by atoms with Crippen LogP contribution >= 0.6 is 0 Å². The zero-order chi connectivity index (χ0) is 32.4. The molecule has 2 aromatic carbocycles. The number of likely N-dealkylation sites (N-methyl/N-ethyl adjacent to an activating group) is 1. The van der Waals surface area contributed by atoms with Gasteiger partial charge >= 0.3 is 12.2 Å². The molecule has 3 N–H and O–H groups in total. The molecule has 1 aliphatic rings. The van der Waals surface area contributed by atoms with Gasteiger partial charge in [0.25, 0.3) is 15.9 Å². The largest absolute Gasteiger partial charge is 0.487 e. The average molecular weight is 639 g/mol. The van der Waals surface area contributed by atoms with Gasteiger partial charge in [-0.25, -0.2) is 9.78 Å². The van der Waals surface area contributed by atoms with E-state index in [9.17, 15) is 36.3 Å². The Kier molecular flexibility index (Phi) is 9.44. The molecule has 3 aromatic rings. The Labute approximate surface area is 252 Å². The third-order valence-corrected chi connectivity index (χ3v) is 8.40. The molecule has 1 aliphatic heterocycles. The van der Waals surface area contributed by atoms with Gasteiger partial charge in [0, 0.05) is 44.1 Å². The number of urea groups is 1. The number of halogens is 3. The first-order chi connectivity index (χ1) is 20.6. The van der Waals surface area contributed by atoms with Crippen LogP contribution in [0.3, 0.4) is 0 Å². The maximum atomic E-state index is 13.6. The Hall–Kier alpha value is -4.31. The number of aromatic nitrogens is 2. The maximum Gasteiger partial charge on any atom is 0.416 e. The number of aryl methyl sites for hydroxylation is 1. The van der Waals surface area contributed by atoms with Gasteiger partial charge in [0.2, 0.25) is 0 Å². The van der Waals surface area contributed by atoms with Crippen LogP contribution in [0.25, 0.3) is 0 Å². The number of carbonyl (C=O) groups is 2. The van der Waals surface area contributed by atoms with Crippen LogP contribution < -0.4 is 14.8 Å². The van der Waals surface area contributed by atoms with Crippen molar-refractivity contribution in [2.24, 2.45) is 13.0 Å². The molecule has 3 atom stereocenters. The van der Waals surface area contributed by atoms with E-state index in [2.05, 4.69) is 15.0 Å². The number of benzene rings is 2. The fourth-order valence-electron chi connectivity index (χ4n) is 4.55. The van der Waals surface area contributed by atoms with E-state index in [-0.39, 0.29) is 53.3 Å². The van der Waals surface area contributed by atoms with E-state index in [1.165, 1.54) is 52.1 Å². The molecule has 0 spiro atoms.